The molecule has 0 spiro atoms. The van der Waals surface area contributed by atoms with Crippen LogP contribution in [0.2, 0.25) is 10.0 Å². The molecule has 1 aliphatic heterocycles. The van der Waals surface area contributed by atoms with Crippen molar-refractivity contribution >= 4 is 34.7 Å². The number of rotatable bonds is 1. The molecule has 86 valence electrons. The lowest BCUT2D eigenvalue weighted by Crippen LogP contribution is -2.33. The summed E-state index contributed by atoms with van der Waals surface area (Å²) < 4.78 is 0. The molecule has 0 bridgehead atoms. The second kappa shape index (κ2) is 4.52. The molecule has 1 heterocycles. The second-order valence-corrected chi connectivity index (χ2v) is 4.65. The van der Waals surface area contributed by atoms with E-state index in [0.717, 1.165) is 18.1 Å². The number of hydrazine groups is 1. The third kappa shape index (κ3) is 2.11. The summed E-state index contributed by atoms with van der Waals surface area (Å²) in [7, 11) is 1.79. The molecule has 0 aliphatic carbocycles. The predicted molar refractivity (Wildman–Crippen MR) is 69.5 cm³/mol. The molecule has 1 aromatic carbocycles. The fourth-order valence-corrected chi connectivity index (χ4v) is 2.04. The first kappa shape index (κ1) is 11.6. The highest BCUT2D eigenvalue weighted by atomic mass is 35.5. The van der Waals surface area contributed by atoms with Crippen molar-refractivity contribution in [1.82, 2.24) is 5.43 Å². The number of nitrogens with zero attached hydrogens (tertiary/aromatic N) is 2. The van der Waals surface area contributed by atoms with Gasteiger partial charge in [-0.05, 0) is 18.2 Å². The molecule has 0 unspecified atom stereocenters. The lowest BCUT2D eigenvalue weighted by atomic mass is 10.2. The molecule has 0 saturated carbocycles. The maximum Gasteiger partial charge on any atom is 0.119 e. The molecule has 16 heavy (non-hydrogen) atoms. The van der Waals surface area contributed by atoms with E-state index in [9.17, 15) is 0 Å². The van der Waals surface area contributed by atoms with Crippen LogP contribution in [0.5, 0.6) is 0 Å². The zero-order valence-electron chi connectivity index (χ0n) is 9.17. The van der Waals surface area contributed by atoms with Crippen molar-refractivity contribution < 1.29 is 0 Å². The van der Waals surface area contributed by atoms with Gasteiger partial charge in [-0.2, -0.15) is 0 Å². The van der Waals surface area contributed by atoms with Crippen LogP contribution in [-0.2, 0) is 0 Å². The summed E-state index contributed by atoms with van der Waals surface area (Å²) in [6.07, 6.45) is 0. The Bertz CT molecular complexity index is 431. The summed E-state index contributed by atoms with van der Waals surface area (Å²) in [4.78, 5) is 4.19. The summed E-state index contributed by atoms with van der Waals surface area (Å²) in [5.41, 5.74) is 4.23. The molecule has 1 aliphatic rings. The van der Waals surface area contributed by atoms with Crippen LogP contribution in [0, 0.1) is 5.92 Å². The van der Waals surface area contributed by atoms with E-state index in [2.05, 4.69) is 17.3 Å². The van der Waals surface area contributed by atoms with Gasteiger partial charge in [0.1, 0.15) is 5.84 Å². The van der Waals surface area contributed by atoms with Crippen LogP contribution >= 0.6 is 23.2 Å². The van der Waals surface area contributed by atoms with Gasteiger partial charge in [0, 0.05) is 19.5 Å². The number of aliphatic imine (C=N–C) groups is 1. The summed E-state index contributed by atoms with van der Waals surface area (Å²) >= 11 is 11.9. The summed E-state index contributed by atoms with van der Waals surface area (Å²) in [5.74, 6) is 1.39. The molecule has 5 heteroatoms. The van der Waals surface area contributed by atoms with Gasteiger partial charge in [0.2, 0.25) is 0 Å². The fraction of sp³-hybridized carbons (Fsp3) is 0.364. The van der Waals surface area contributed by atoms with E-state index < -0.39 is 0 Å². The van der Waals surface area contributed by atoms with Crippen molar-refractivity contribution in [2.45, 2.75) is 6.92 Å². The molecular weight excluding hydrogens is 245 g/mol. The van der Waals surface area contributed by atoms with Crippen LogP contribution in [0.4, 0.5) is 5.69 Å². The number of benzene rings is 1. The lowest BCUT2D eigenvalue weighted by Gasteiger charge is -2.18. The number of hydrogen-bond donors (Lipinski definition) is 1. The van der Waals surface area contributed by atoms with Crippen molar-refractivity contribution in [1.29, 1.82) is 0 Å². The average Bonchev–Trinajstić information content (AvgIpc) is 2.64. The van der Waals surface area contributed by atoms with E-state index in [-0.39, 0.29) is 0 Å². The van der Waals surface area contributed by atoms with Crippen LogP contribution in [0.25, 0.3) is 0 Å². The number of nitrogens with one attached hydrogen (secondary N) is 1. The molecule has 3 nitrogen and oxygen atoms in total. The van der Waals surface area contributed by atoms with Gasteiger partial charge in [0.15, 0.2) is 0 Å². The third-order valence-electron chi connectivity index (χ3n) is 2.63. The van der Waals surface area contributed by atoms with Crippen molar-refractivity contribution in [2.24, 2.45) is 10.9 Å². The maximum absolute atomic E-state index is 5.98. The highest BCUT2D eigenvalue weighted by molar-refractivity contribution is 6.42. The first-order valence-electron chi connectivity index (χ1n) is 5.07. The number of hydrogen-bond acceptors (Lipinski definition) is 2. The smallest absolute Gasteiger partial charge is 0.119 e. The second-order valence-electron chi connectivity index (χ2n) is 3.83. The molecule has 0 amide bonds. The van der Waals surface area contributed by atoms with Gasteiger partial charge in [-0.15, -0.1) is 0 Å². The molecule has 0 radical (unpaired) electrons. The molecular formula is C11H13Cl2N3. The molecule has 1 aromatic rings. The SMILES string of the molecule is CN=C1NN(c2ccc(Cl)c(Cl)c2)C[C@H]1C. The van der Waals surface area contributed by atoms with Crippen molar-refractivity contribution in [3.63, 3.8) is 0 Å². The van der Waals surface area contributed by atoms with Gasteiger partial charge < -0.3 is 0 Å². The minimum atomic E-state index is 0.402. The van der Waals surface area contributed by atoms with Gasteiger partial charge in [-0.1, -0.05) is 30.1 Å². The highest BCUT2D eigenvalue weighted by Gasteiger charge is 2.24. The number of anilines is 1. The first-order chi connectivity index (χ1) is 7.61. The number of amidine groups is 1. The van der Waals surface area contributed by atoms with Gasteiger partial charge in [-0.25, -0.2) is 0 Å². The van der Waals surface area contributed by atoms with E-state index >= 15 is 0 Å². The van der Waals surface area contributed by atoms with Gasteiger partial charge in [0.05, 0.1) is 15.7 Å². The average molecular weight is 258 g/mol. The first-order valence-corrected chi connectivity index (χ1v) is 5.83. The number of halogens is 2. The Hall–Kier alpha value is -0.930. The Morgan fingerprint density at radius 2 is 2.12 bits per heavy atom. The van der Waals surface area contributed by atoms with Crippen molar-refractivity contribution in [3.8, 4) is 0 Å². The van der Waals surface area contributed by atoms with Crippen LogP contribution in [0.15, 0.2) is 23.2 Å². The van der Waals surface area contributed by atoms with Crippen LogP contribution in [-0.4, -0.2) is 19.4 Å². The van der Waals surface area contributed by atoms with E-state index in [1.807, 2.05) is 17.1 Å². The summed E-state index contributed by atoms with van der Waals surface area (Å²) in [6.45, 7) is 3.01. The lowest BCUT2D eigenvalue weighted by molar-refractivity contribution is 0.773. The minimum Gasteiger partial charge on any atom is -0.286 e. The third-order valence-corrected chi connectivity index (χ3v) is 3.37. The molecule has 2 rings (SSSR count). The minimum absolute atomic E-state index is 0.402. The predicted octanol–water partition coefficient (Wildman–Crippen LogP) is 2.98. The Morgan fingerprint density at radius 1 is 1.38 bits per heavy atom. The Kier molecular flexibility index (Phi) is 3.26. The normalized spacial score (nSPS) is 22.6. The van der Waals surface area contributed by atoms with E-state index in [0.29, 0.717) is 16.0 Å². The Morgan fingerprint density at radius 3 is 2.69 bits per heavy atom. The quantitative estimate of drug-likeness (QED) is 0.838. The monoisotopic (exact) mass is 257 g/mol. The van der Waals surface area contributed by atoms with E-state index in [1.165, 1.54) is 0 Å². The zero-order valence-corrected chi connectivity index (χ0v) is 10.7. The molecule has 1 saturated heterocycles. The Balaban J connectivity index is 2.23. The zero-order chi connectivity index (χ0) is 11.7. The largest absolute Gasteiger partial charge is 0.286 e. The fourth-order valence-electron chi connectivity index (χ4n) is 1.75. The molecule has 1 fully saturated rings. The topological polar surface area (TPSA) is 27.6 Å². The van der Waals surface area contributed by atoms with Crippen LogP contribution in [0.1, 0.15) is 6.92 Å². The van der Waals surface area contributed by atoms with E-state index in [4.69, 9.17) is 23.2 Å². The van der Waals surface area contributed by atoms with Crippen LogP contribution in [0.3, 0.4) is 0 Å². The van der Waals surface area contributed by atoms with E-state index in [1.54, 1.807) is 13.1 Å². The van der Waals surface area contributed by atoms with Crippen molar-refractivity contribution in [2.75, 3.05) is 18.6 Å². The molecule has 0 aromatic heterocycles. The summed E-state index contributed by atoms with van der Waals surface area (Å²) in [6, 6.07) is 5.58. The van der Waals surface area contributed by atoms with Gasteiger partial charge in [-0.3, -0.25) is 15.4 Å². The highest BCUT2D eigenvalue weighted by Crippen LogP contribution is 2.28. The van der Waals surface area contributed by atoms with Crippen molar-refractivity contribution in [3.05, 3.63) is 28.2 Å². The Labute approximate surface area is 105 Å². The van der Waals surface area contributed by atoms with Crippen LogP contribution < -0.4 is 10.4 Å². The molecule has 1 atom stereocenters. The standard InChI is InChI=1S/C11H13Cl2N3/c1-7-6-16(15-11(7)14-2)8-3-4-9(12)10(13)5-8/h3-5,7H,6H2,1-2H3,(H,14,15)/t7-/m1/s1. The van der Waals surface area contributed by atoms with Gasteiger partial charge in [0.25, 0.3) is 0 Å². The van der Waals surface area contributed by atoms with Gasteiger partial charge >= 0.3 is 0 Å². The maximum atomic E-state index is 5.98. The summed E-state index contributed by atoms with van der Waals surface area (Å²) in [5, 5.41) is 3.16. The molecule has 1 N–H and O–H groups in total.